The molecule has 0 radical (unpaired) electrons. The number of rotatable bonds is 2. The number of hydrogen-bond acceptors (Lipinski definition) is 7. The minimum Gasteiger partial charge on any atom is -0.508 e. The number of phenols is 1. The van der Waals surface area contributed by atoms with Gasteiger partial charge in [-0.2, -0.15) is 10.4 Å². The number of nitrogens with zero attached hydrogens (tertiary/aromatic N) is 6. The second kappa shape index (κ2) is 5.38. The number of hydrogen-bond donors (Lipinski definition) is 2. The van der Waals surface area contributed by atoms with Gasteiger partial charge in [-0.3, -0.25) is 0 Å². The van der Waals surface area contributed by atoms with Crippen molar-refractivity contribution in [3.05, 3.63) is 30.6 Å². The summed E-state index contributed by atoms with van der Waals surface area (Å²) < 4.78 is 1.84. The third-order valence-electron chi connectivity index (χ3n) is 4.31. The first kappa shape index (κ1) is 14.3. The highest BCUT2D eigenvalue weighted by Gasteiger charge is 2.28. The number of phenolic OH excluding ortho intramolecular Hbond substituents is 1. The van der Waals surface area contributed by atoms with E-state index in [2.05, 4.69) is 16.2 Å². The molecule has 1 aliphatic rings. The second-order valence-corrected chi connectivity index (χ2v) is 5.79. The molecular formula is C16H15N7O. The maximum atomic E-state index is 9.49. The van der Waals surface area contributed by atoms with Crippen LogP contribution in [0.25, 0.3) is 22.3 Å². The number of likely N-dealkylation sites (tertiary alicyclic amines) is 1. The summed E-state index contributed by atoms with van der Waals surface area (Å²) in [5, 5.41) is 24.0. The van der Waals surface area contributed by atoms with Gasteiger partial charge >= 0.3 is 0 Å². The zero-order valence-electron chi connectivity index (χ0n) is 12.8. The average molecular weight is 321 g/mol. The lowest BCUT2D eigenvalue weighted by Gasteiger charge is -2.10. The van der Waals surface area contributed by atoms with E-state index in [9.17, 15) is 5.11 Å². The first-order valence-corrected chi connectivity index (χ1v) is 7.60. The number of aromatic nitrogens is 4. The predicted molar refractivity (Wildman–Crippen MR) is 87.7 cm³/mol. The number of nitrogen functional groups attached to an aromatic ring is 1. The summed E-state index contributed by atoms with van der Waals surface area (Å²) >= 11 is 0. The van der Waals surface area contributed by atoms with Crippen LogP contribution in [-0.4, -0.2) is 42.8 Å². The third kappa shape index (κ3) is 2.18. The van der Waals surface area contributed by atoms with E-state index in [1.54, 1.807) is 29.2 Å². The van der Waals surface area contributed by atoms with Crippen LogP contribution < -0.4 is 5.73 Å². The molecule has 120 valence electrons. The molecule has 0 spiro atoms. The van der Waals surface area contributed by atoms with Crippen molar-refractivity contribution in [2.24, 2.45) is 0 Å². The van der Waals surface area contributed by atoms with Crippen LogP contribution in [0.4, 0.5) is 5.82 Å². The van der Waals surface area contributed by atoms with Gasteiger partial charge in [0.05, 0.1) is 18.0 Å². The standard InChI is InChI=1S/C16H15N7O/c17-8-22-6-5-11(7-22)23-16-13(15(18)19-9-20-16)14(21-23)10-1-3-12(24)4-2-10/h1-4,9,11,24H,5-7H2,(H2,18,19,20). The SMILES string of the molecule is N#CN1CCC(n2nc(-c3ccc(O)cc3)c3c(N)ncnc32)C1. The summed E-state index contributed by atoms with van der Waals surface area (Å²) in [4.78, 5) is 10.2. The van der Waals surface area contributed by atoms with Gasteiger partial charge in [-0.15, -0.1) is 0 Å². The van der Waals surface area contributed by atoms with Crippen molar-refractivity contribution in [2.75, 3.05) is 18.8 Å². The van der Waals surface area contributed by atoms with E-state index in [0.29, 0.717) is 35.6 Å². The van der Waals surface area contributed by atoms with E-state index in [-0.39, 0.29) is 11.8 Å². The van der Waals surface area contributed by atoms with Crippen molar-refractivity contribution >= 4 is 16.9 Å². The number of nitriles is 1. The van der Waals surface area contributed by atoms with Crippen LogP contribution in [0.15, 0.2) is 30.6 Å². The highest BCUT2D eigenvalue weighted by Crippen LogP contribution is 2.34. The predicted octanol–water partition coefficient (Wildman–Crippen LogP) is 1.51. The van der Waals surface area contributed by atoms with Gasteiger partial charge in [0.2, 0.25) is 0 Å². The monoisotopic (exact) mass is 321 g/mol. The Morgan fingerprint density at radius 3 is 2.75 bits per heavy atom. The largest absolute Gasteiger partial charge is 0.508 e. The zero-order valence-corrected chi connectivity index (χ0v) is 12.8. The summed E-state index contributed by atoms with van der Waals surface area (Å²) in [6.45, 7) is 1.31. The smallest absolute Gasteiger partial charge is 0.179 e. The Balaban J connectivity index is 1.89. The summed E-state index contributed by atoms with van der Waals surface area (Å²) in [7, 11) is 0. The molecule has 1 unspecified atom stereocenters. The molecular weight excluding hydrogens is 306 g/mol. The normalized spacial score (nSPS) is 17.3. The Hall–Kier alpha value is -3.34. The highest BCUT2D eigenvalue weighted by atomic mass is 16.3. The molecule has 0 bridgehead atoms. The van der Waals surface area contributed by atoms with E-state index in [1.807, 2.05) is 4.68 Å². The molecule has 1 atom stereocenters. The molecule has 0 saturated carbocycles. The Morgan fingerprint density at radius 1 is 1.25 bits per heavy atom. The van der Waals surface area contributed by atoms with Gasteiger partial charge in [-0.25, -0.2) is 14.6 Å². The lowest BCUT2D eigenvalue weighted by Crippen LogP contribution is -2.17. The maximum Gasteiger partial charge on any atom is 0.179 e. The van der Waals surface area contributed by atoms with Crippen LogP contribution in [-0.2, 0) is 0 Å². The fourth-order valence-corrected chi connectivity index (χ4v) is 3.10. The highest BCUT2D eigenvalue weighted by molar-refractivity contribution is 5.98. The van der Waals surface area contributed by atoms with Gasteiger partial charge in [0.25, 0.3) is 0 Å². The average Bonchev–Trinajstić information content (AvgIpc) is 3.20. The summed E-state index contributed by atoms with van der Waals surface area (Å²) in [6, 6.07) is 6.83. The Bertz CT molecular complexity index is 941. The molecule has 4 rings (SSSR count). The Kier molecular flexibility index (Phi) is 3.20. The van der Waals surface area contributed by atoms with E-state index < -0.39 is 0 Å². The van der Waals surface area contributed by atoms with Crippen LogP contribution in [0.5, 0.6) is 5.75 Å². The Labute approximate surface area is 137 Å². The minimum atomic E-state index is 0.0623. The van der Waals surface area contributed by atoms with Gasteiger partial charge in [0, 0.05) is 12.1 Å². The number of benzene rings is 1. The number of aromatic hydroxyl groups is 1. The first-order chi connectivity index (χ1) is 11.7. The molecule has 3 heterocycles. The molecule has 2 aromatic heterocycles. The van der Waals surface area contributed by atoms with Crippen LogP contribution >= 0.6 is 0 Å². The number of anilines is 1. The van der Waals surface area contributed by atoms with Crippen LogP contribution in [0.1, 0.15) is 12.5 Å². The summed E-state index contributed by atoms with van der Waals surface area (Å²) in [6.07, 6.45) is 4.42. The fraction of sp³-hybridized carbons (Fsp3) is 0.250. The van der Waals surface area contributed by atoms with Gasteiger partial charge in [-0.05, 0) is 30.7 Å². The molecule has 1 saturated heterocycles. The molecule has 1 aromatic carbocycles. The Morgan fingerprint density at radius 2 is 2.04 bits per heavy atom. The van der Waals surface area contributed by atoms with Crippen molar-refractivity contribution < 1.29 is 5.11 Å². The van der Waals surface area contributed by atoms with Gasteiger partial charge in [0.1, 0.15) is 23.6 Å². The van der Waals surface area contributed by atoms with Gasteiger partial charge in [-0.1, -0.05) is 0 Å². The van der Waals surface area contributed by atoms with Crippen molar-refractivity contribution in [1.82, 2.24) is 24.6 Å². The van der Waals surface area contributed by atoms with Crippen molar-refractivity contribution in [3.8, 4) is 23.2 Å². The van der Waals surface area contributed by atoms with Crippen molar-refractivity contribution in [1.29, 1.82) is 5.26 Å². The minimum absolute atomic E-state index is 0.0623. The molecule has 1 aliphatic heterocycles. The third-order valence-corrected chi connectivity index (χ3v) is 4.31. The van der Waals surface area contributed by atoms with E-state index >= 15 is 0 Å². The molecule has 3 aromatic rings. The molecule has 24 heavy (non-hydrogen) atoms. The number of fused-ring (bicyclic) bond motifs is 1. The molecule has 0 aliphatic carbocycles. The molecule has 3 N–H and O–H groups in total. The lowest BCUT2D eigenvalue weighted by atomic mass is 10.1. The first-order valence-electron chi connectivity index (χ1n) is 7.60. The molecule has 0 amide bonds. The zero-order chi connectivity index (χ0) is 16.7. The topological polar surface area (TPSA) is 117 Å². The van der Waals surface area contributed by atoms with Crippen LogP contribution in [0, 0.1) is 11.5 Å². The van der Waals surface area contributed by atoms with Gasteiger partial charge < -0.3 is 15.7 Å². The molecule has 1 fully saturated rings. The molecule has 8 nitrogen and oxygen atoms in total. The van der Waals surface area contributed by atoms with Crippen LogP contribution in [0.3, 0.4) is 0 Å². The lowest BCUT2D eigenvalue weighted by molar-refractivity contribution is 0.433. The summed E-state index contributed by atoms with van der Waals surface area (Å²) in [5.41, 5.74) is 8.24. The fourth-order valence-electron chi connectivity index (χ4n) is 3.10. The van der Waals surface area contributed by atoms with E-state index in [1.165, 1.54) is 6.33 Å². The van der Waals surface area contributed by atoms with Crippen molar-refractivity contribution in [2.45, 2.75) is 12.5 Å². The van der Waals surface area contributed by atoms with Gasteiger partial charge in [0.15, 0.2) is 11.8 Å². The van der Waals surface area contributed by atoms with E-state index in [0.717, 1.165) is 12.0 Å². The molecule has 8 heteroatoms. The number of nitrogens with two attached hydrogens (primary N) is 1. The van der Waals surface area contributed by atoms with E-state index in [4.69, 9.17) is 16.1 Å². The summed E-state index contributed by atoms with van der Waals surface area (Å²) in [5.74, 6) is 0.552. The second-order valence-electron chi connectivity index (χ2n) is 5.79. The maximum absolute atomic E-state index is 9.49. The van der Waals surface area contributed by atoms with Crippen LogP contribution in [0.2, 0.25) is 0 Å². The quantitative estimate of drug-likeness (QED) is 0.687. The van der Waals surface area contributed by atoms with Crippen molar-refractivity contribution in [3.63, 3.8) is 0 Å².